The largest absolute Gasteiger partial charge is 0.496 e. The Morgan fingerprint density at radius 2 is 2.06 bits per heavy atom. The highest BCUT2D eigenvalue weighted by molar-refractivity contribution is 7.98. The average Bonchev–Trinajstić information content (AvgIpc) is 3.28. The van der Waals surface area contributed by atoms with Crippen LogP contribution in [0.2, 0.25) is 0 Å². The summed E-state index contributed by atoms with van der Waals surface area (Å²) in [6.45, 7) is 1.87. The fraction of sp³-hybridized carbons (Fsp3) is 0.174. The second-order valence-electron chi connectivity index (χ2n) is 6.90. The Balaban J connectivity index is 1.76. The first-order valence-corrected chi connectivity index (χ1v) is 11.4. The molecule has 2 aromatic carbocycles. The average molecular weight is 455 g/mol. The van der Waals surface area contributed by atoms with Crippen LogP contribution in [0.3, 0.4) is 0 Å². The molecule has 0 fully saturated rings. The number of carbonyl (C=O) groups excluding carboxylic acids is 1. The van der Waals surface area contributed by atoms with Crippen molar-refractivity contribution in [1.29, 1.82) is 0 Å². The van der Waals surface area contributed by atoms with E-state index in [1.807, 2.05) is 17.5 Å². The maximum Gasteiger partial charge on any atom is 0.262 e. The van der Waals surface area contributed by atoms with Gasteiger partial charge in [-0.05, 0) is 54.8 Å². The molecule has 158 valence electrons. The van der Waals surface area contributed by atoms with E-state index in [2.05, 4.69) is 4.98 Å². The van der Waals surface area contributed by atoms with Crippen molar-refractivity contribution in [3.63, 3.8) is 0 Å². The molecule has 0 spiro atoms. The molecule has 0 radical (unpaired) electrons. The van der Waals surface area contributed by atoms with Gasteiger partial charge in [0, 0.05) is 21.8 Å². The van der Waals surface area contributed by atoms with E-state index in [1.54, 1.807) is 41.2 Å². The molecule has 4 rings (SSSR count). The van der Waals surface area contributed by atoms with Crippen molar-refractivity contribution in [2.45, 2.75) is 24.4 Å². The number of benzene rings is 2. The summed E-state index contributed by atoms with van der Waals surface area (Å²) in [5, 5.41) is 2.71. The maximum absolute atomic E-state index is 13.8. The molecule has 0 saturated heterocycles. The lowest BCUT2D eigenvalue weighted by Gasteiger charge is -2.14. The summed E-state index contributed by atoms with van der Waals surface area (Å²) in [6.07, 6.45) is 0. The standard InChI is InChI=1S/C23H19FN2O3S2/c1-14(27)15-5-8-21(29-2)16(10-15)13-31-23-25-20-7-6-17(24)11-19(20)22(28)26(23)12-18-4-3-9-30-18/h3-11H,12-13H2,1-2H3. The molecule has 0 amide bonds. The summed E-state index contributed by atoms with van der Waals surface area (Å²) in [5.41, 5.74) is 1.58. The Morgan fingerprint density at radius 1 is 1.23 bits per heavy atom. The molecule has 0 atom stereocenters. The van der Waals surface area contributed by atoms with E-state index in [9.17, 15) is 14.0 Å². The first-order valence-electron chi connectivity index (χ1n) is 9.49. The van der Waals surface area contributed by atoms with Crippen LogP contribution in [0.4, 0.5) is 4.39 Å². The molecule has 0 aliphatic carbocycles. The van der Waals surface area contributed by atoms with Crippen molar-refractivity contribution >= 4 is 39.8 Å². The van der Waals surface area contributed by atoms with E-state index < -0.39 is 5.82 Å². The molecular formula is C23H19FN2O3S2. The molecule has 31 heavy (non-hydrogen) atoms. The number of nitrogens with zero attached hydrogens (tertiary/aromatic N) is 2. The molecule has 0 bridgehead atoms. The minimum atomic E-state index is -0.472. The normalized spacial score (nSPS) is 11.1. The van der Waals surface area contributed by atoms with Gasteiger partial charge in [-0.25, -0.2) is 9.37 Å². The molecule has 0 unspecified atom stereocenters. The summed E-state index contributed by atoms with van der Waals surface area (Å²) >= 11 is 2.92. The van der Waals surface area contributed by atoms with Crippen LogP contribution < -0.4 is 10.3 Å². The number of rotatable bonds is 7. The second kappa shape index (κ2) is 9.03. The van der Waals surface area contributed by atoms with E-state index in [-0.39, 0.29) is 16.7 Å². The SMILES string of the molecule is COc1ccc(C(C)=O)cc1CSc1nc2ccc(F)cc2c(=O)n1Cc1cccs1. The molecule has 0 saturated carbocycles. The Labute approximate surface area is 186 Å². The first kappa shape index (κ1) is 21.3. The molecule has 2 aromatic heterocycles. The van der Waals surface area contributed by atoms with E-state index in [4.69, 9.17) is 4.74 Å². The number of hydrogen-bond donors (Lipinski definition) is 0. The number of thiophene rings is 1. The highest BCUT2D eigenvalue weighted by atomic mass is 32.2. The number of aromatic nitrogens is 2. The van der Waals surface area contributed by atoms with Crippen LogP contribution in [-0.4, -0.2) is 22.4 Å². The van der Waals surface area contributed by atoms with Crippen molar-refractivity contribution in [2.75, 3.05) is 7.11 Å². The van der Waals surface area contributed by atoms with Crippen LogP contribution in [0.25, 0.3) is 10.9 Å². The van der Waals surface area contributed by atoms with Gasteiger partial charge in [0.05, 0.1) is 24.6 Å². The third kappa shape index (κ3) is 4.55. The Hall–Kier alpha value is -2.97. The van der Waals surface area contributed by atoms with Gasteiger partial charge in [-0.2, -0.15) is 0 Å². The number of fused-ring (bicyclic) bond motifs is 1. The number of ether oxygens (including phenoxy) is 1. The molecule has 0 aliphatic heterocycles. The van der Waals surface area contributed by atoms with Crippen molar-refractivity contribution in [3.05, 3.63) is 86.1 Å². The van der Waals surface area contributed by atoms with E-state index in [0.717, 1.165) is 10.4 Å². The summed E-state index contributed by atoms with van der Waals surface area (Å²) < 4.78 is 20.8. The van der Waals surface area contributed by atoms with Gasteiger partial charge < -0.3 is 4.74 Å². The number of ketones is 1. The van der Waals surface area contributed by atoms with Gasteiger partial charge >= 0.3 is 0 Å². The summed E-state index contributed by atoms with van der Waals surface area (Å²) in [6, 6.07) is 13.2. The second-order valence-corrected chi connectivity index (χ2v) is 8.87. The predicted octanol–water partition coefficient (Wildman–Crippen LogP) is 5.15. The zero-order valence-electron chi connectivity index (χ0n) is 16.9. The third-order valence-electron chi connectivity index (χ3n) is 4.82. The molecule has 2 heterocycles. The Kier molecular flexibility index (Phi) is 6.20. The van der Waals surface area contributed by atoms with E-state index >= 15 is 0 Å². The summed E-state index contributed by atoms with van der Waals surface area (Å²) in [7, 11) is 1.58. The van der Waals surface area contributed by atoms with Crippen LogP contribution in [0.1, 0.15) is 27.7 Å². The zero-order chi connectivity index (χ0) is 22.0. The number of carbonyl (C=O) groups is 1. The van der Waals surface area contributed by atoms with Crippen LogP contribution in [0.15, 0.2) is 63.9 Å². The summed E-state index contributed by atoms with van der Waals surface area (Å²) in [4.78, 5) is 30.6. The molecule has 4 aromatic rings. The number of Topliss-reactive ketones (excluding diaryl/α,β-unsaturated/α-hetero) is 1. The number of thioether (sulfide) groups is 1. The lowest BCUT2D eigenvalue weighted by molar-refractivity contribution is 0.101. The highest BCUT2D eigenvalue weighted by Crippen LogP contribution is 2.29. The van der Waals surface area contributed by atoms with E-state index in [1.165, 1.54) is 36.9 Å². The van der Waals surface area contributed by atoms with E-state index in [0.29, 0.717) is 34.3 Å². The number of methoxy groups -OCH3 is 1. The minimum absolute atomic E-state index is 0.0330. The van der Waals surface area contributed by atoms with Crippen molar-refractivity contribution in [3.8, 4) is 5.75 Å². The van der Waals surface area contributed by atoms with Gasteiger partial charge in [-0.3, -0.25) is 14.2 Å². The lowest BCUT2D eigenvalue weighted by Crippen LogP contribution is -2.23. The van der Waals surface area contributed by atoms with Gasteiger partial charge in [0.1, 0.15) is 11.6 Å². The topological polar surface area (TPSA) is 61.2 Å². The van der Waals surface area contributed by atoms with Crippen LogP contribution in [0.5, 0.6) is 5.75 Å². The Bertz CT molecular complexity index is 1320. The minimum Gasteiger partial charge on any atom is -0.496 e. The molecule has 0 aliphatic rings. The van der Waals surface area contributed by atoms with Gasteiger partial charge in [0.2, 0.25) is 0 Å². The lowest BCUT2D eigenvalue weighted by atomic mass is 10.1. The van der Waals surface area contributed by atoms with Gasteiger partial charge in [0.25, 0.3) is 5.56 Å². The Morgan fingerprint density at radius 3 is 2.77 bits per heavy atom. The number of hydrogen-bond acceptors (Lipinski definition) is 6. The first-order chi connectivity index (χ1) is 15.0. The maximum atomic E-state index is 13.8. The smallest absolute Gasteiger partial charge is 0.262 e. The third-order valence-corrected chi connectivity index (χ3v) is 6.71. The zero-order valence-corrected chi connectivity index (χ0v) is 18.6. The quantitative estimate of drug-likeness (QED) is 0.220. The van der Waals surface area contributed by atoms with Crippen LogP contribution >= 0.6 is 23.1 Å². The molecule has 0 N–H and O–H groups in total. The van der Waals surface area contributed by atoms with Gasteiger partial charge in [-0.1, -0.05) is 17.8 Å². The van der Waals surface area contributed by atoms with Crippen molar-refractivity contribution in [1.82, 2.24) is 9.55 Å². The van der Waals surface area contributed by atoms with Crippen LogP contribution in [-0.2, 0) is 12.3 Å². The predicted molar refractivity (Wildman–Crippen MR) is 122 cm³/mol. The van der Waals surface area contributed by atoms with Crippen LogP contribution in [0, 0.1) is 5.82 Å². The molecule has 5 nitrogen and oxygen atoms in total. The fourth-order valence-corrected chi connectivity index (χ4v) is 4.90. The summed E-state index contributed by atoms with van der Waals surface area (Å²) in [5.74, 6) is 0.607. The van der Waals surface area contributed by atoms with Gasteiger partial charge in [0.15, 0.2) is 10.9 Å². The van der Waals surface area contributed by atoms with Crippen molar-refractivity contribution in [2.24, 2.45) is 0 Å². The fourth-order valence-electron chi connectivity index (χ4n) is 3.23. The van der Waals surface area contributed by atoms with Gasteiger partial charge in [-0.15, -0.1) is 11.3 Å². The molecule has 8 heteroatoms. The number of halogens is 1. The monoisotopic (exact) mass is 454 g/mol. The molecular weight excluding hydrogens is 435 g/mol. The highest BCUT2D eigenvalue weighted by Gasteiger charge is 2.15. The van der Waals surface area contributed by atoms with Crippen molar-refractivity contribution < 1.29 is 13.9 Å².